The summed E-state index contributed by atoms with van der Waals surface area (Å²) >= 11 is 0. The van der Waals surface area contributed by atoms with E-state index in [1.807, 2.05) is 12.3 Å². The fourth-order valence-electron chi connectivity index (χ4n) is 1.89. The first-order chi connectivity index (χ1) is 5.92. The molecule has 1 aliphatic carbocycles. The highest BCUT2D eigenvalue weighted by Gasteiger charge is 2.12. The van der Waals surface area contributed by atoms with Gasteiger partial charge in [-0.15, -0.1) is 0 Å². The minimum absolute atomic E-state index is 0.658. The zero-order chi connectivity index (χ0) is 8.39. The average Bonchev–Trinajstić information content (AvgIpc) is 2.17. The Balaban J connectivity index is 2.44. The monoisotopic (exact) mass is 162 g/mol. The molecule has 0 aromatic carbocycles. The van der Waals surface area contributed by atoms with Crippen LogP contribution in [0.25, 0.3) is 0 Å². The summed E-state index contributed by atoms with van der Waals surface area (Å²) in [4.78, 5) is 4.37. The summed E-state index contributed by atoms with van der Waals surface area (Å²) in [7, 11) is 0. The zero-order valence-electron chi connectivity index (χ0n) is 7.21. The van der Waals surface area contributed by atoms with Crippen LogP contribution >= 0.6 is 0 Å². The van der Waals surface area contributed by atoms with Gasteiger partial charge in [0.1, 0.15) is 0 Å². The summed E-state index contributed by atoms with van der Waals surface area (Å²) in [6.45, 7) is 0.658. The molecule has 2 rings (SSSR count). The van der Waals surface area contributed by atoms with Gasteiger partial charge in [-0.05, 0) is 42.9 Å². The van der Waals surface area contributed by atoms with Crippen LogP contribution in [0.4, 0.5) is 0 Å². The Morgan fingerprint density at radius 1 is 1.33 bits per heavy atom. The van der Waals surface area contributed by atoms with Gasteiger partial charge in [0.05, 0.1) is 0 Å². The van der Waals surface area contributed by atoms with E-state index in [1.165, 1.54) is 36.1 Å². The van der Waals surface area contributed by atoms with E-state index < -0.39 is 0 Å². The van der Waals surface area contributed by atoms with Crippen molar-refractivity contribution in [3.63, 3.8) is 0 Å². The van der Waals surface area contributed by atoms with Crippen LogP contribution in [-0.2, 0) is 19.4 Å². The average molecular weight is 162 g/mol. The number of hydrogen-bond donors (Lipinski definition) is 1. The summed E-state index contributed by atoms with van der Waals surface area (Å²) in [6, 6.07) is 2.05. The Hall–Kier alpha value is -0.890. The van der Waals surface area contributed by atoms with E-state index in [0.717, 1.165) is 6.42 Å². The molecule has 0 saturated heterocycles. The maximum absolute atomic E-state index is 5.65. The van der Waals surface area contributed by atoms with E-state index in [4.69, 9.17) is 5.73 Å². The molecule has 1 aromatic heterocycles. The molecule has 1 heterocycles. The fraction of sp³-hybridized carbons (Fsp3) is 0.500. The van der Waals surface area contributed by atoms with Crippen LogP contribution in [-0.4, -0.2) is 4.98 Å². The van der Waals surface area contributed by atoms with Crippen molar-refractivity contribution < 1.29 is 0 Å². The summed E-state index contributed by atoms with van der Waals surface area (Å²) in [5.41, 5.74) is 9.64. The van der Waals surface area contributed by atoms with Crippen molar-refractivity contribution >= 4 is 0 Å². The molecule has 1 aromatic rings. The Bertz CT molecular complexity index is 267. The van der Waals surface area contributed by atoms with E-state index in [9.17, 15) is 0 Å². The van der Waals surface area contributed by atoms with Gasteiger partial charge in [0.2, 0.25) is 0 Å². The van der Waals surface area contributed by atoms with Gasteiger partial charge in [-0.3, -0.25) is 4.98 Å². The number of rotatable bonds is 1. The Kier molecular flexibility index (Phi) is 2.09. The highest BCUT2D eigenvalue weighted by atomic mass is 14.7. The third-order valence-electron chi connectivity index (χ3n) is 2.55. The predicted octanol–water partition coefficient (Wildman–Crippen LogP) is 1.42. The lowest BCUT2D eigenvalue weighted by Gasteiger charge is -2.16. The van der Waals surface area contributed by atoms with Crippen LogP contribution in [0.1, 0.15) is 29.7 Å². The van der Waals surface area contributed by atoms with Crippen LogP contribution in [0.2, 0.25) is 0 Å². The second kappa shape index (κ2) is 3.23. The highest BCUT2D eigenvalue weighted by molar-refractivity contribution is 5.31. The topological polar surface area (TPSA) is 38.9 Å². The van der Waals surface area contributed by atoms with Crippen molar-refractivity contribution in [3.05, 3.63) is 29.1 Å². The number of nitrogens with two attached hydrogens (primary N) is 1. The van der Waals surface area contributed by atoms with Gasteiger partial charge in [0, 0.05) is 18.4 Å². The molecule has 2 N–H and O–H groups in total. The van der Waals surface area contributed by atoms with Crippen molar-refractivity contribution in [3.8, 4) is 0 Å². The van der Waals surface area contributed by atoms with Crippen LogP contribution in [0, 0.1) is 0 Å². The van der Waals surface area contributed by atoms with Crippen LogP contribution < -0.4 is 5.73 Å². The van der Waals surface area contributed by atoms with E-state index in [-0.39, 0.29) is 0 Å². The van der Waals surface area contributed by atoms with Gasteiger partial charge >= 0.3 is 0 Å². The standard InChI is InChI=1S/C10H14N2/c11-7-8-5-6-12-10-4-2-1-3-9(8)10/h5-6H,1-4,7,11H2. The van der Waals surface area contributed by atoms with Crippen LogP contribution in [0.3, 0.4) is 0 Å². The molecule has 0 amide bonds. The smallest absolute Gasteiger partial charge is 0.0438 e. The lowest BCUT2D eigenvalue weighted by molar-refractivity contribution is 0.660. The molecule has 1 aliphatic rings. The molecule has 12 heavy (non-hydrogen) atoms. The third-order valence-corrected chi connectivity index (χ3v) is 2.55. The zero-order valence-corrected chi connectivity index (χ0v) is 7.21. The molecule has 0 saturated carbocycles. The highest BCUT2D eigenvalue weighted by Crippen LogP contribution is 2.21. The molecule has 0 unspecified atom stereocenters. The van der Waals surface area contributed by atoms with Gasteiger partial charge in [0.25, 0.3) is 0 Å². The quantitative estimate of drug-likeness (QED) is 0.678. The molecule has 64 valence electrons. The van der Waals surface area contributed by atoms with E-state index >= 15 is 0 Å². The number of nitrogens with zero attached hydrogens (tertiary/aromatic N) is 1. The molecule has 0 spiro atoms. The van der Waals surface area contributed by atoms with E-state index in [1.54, 1.807) is 0 Å². The second-order valence-electron chi connectivity index (χ2n) is 3.31. The largest absolute Gasteiger partial charge is 0.326 e. The first-order valence-electron chi connectivity index (χ1n) is 4.57. The first kappa shape index (κ1) is 7.74. The fourth-order valence-corrected chi connectivity index (χ4v) is 1.89. The number of aromatic nitrogens is 1. The number of aryl methyl sites for hydroxylation is 1. The van der Waals surface area contributed by atoms with Gasteiger partial charge < -0.3 is 5.73 Å². The van der Waals surface area contributed by atoms with E-state index in [0.29, 0.717) is 6.54 Å². The van der Waals surface area contributed by atoms with Gasteiger partial charge in [0.15, 0.2) is 0 Å². The predicted molar refractivity (Wildman–Crippen MR) is 48.8 cm³/mol. The van der Waals surface area contributed by atoms with Crippen molar-refractivity contribution in [2.45, 2.75) is 32.2 Å². The number of fused-ring (bicyclic) bond motifs is 1. The maximum atomic E-state index is 5.65. The normalized spacial score (nSPS) is 15.8. The third kappa shape index (κ3) is 1.23. The van der Waals surface area contributed by atoms with Crippen LogP contribution in [0.5, 0.6) is 0 Å². The lowest BCUT2D eigenvalue weighted by atomic mass is 9.92. The van der Waals surface area contributed by atoms with Crippen molar-refractivity contribution in [2.75, 3.05) is 0 Å². The van der Waals surface area contributed by atoms with Crippen molar-refractivity contribution in [1.82, 2.24) is 4.98 Å². The molecule has 0 atom stereocenters. The molecule has 0 fully saturated rings. The van der Waals surface area contributed by atoms with Crippen molar-refractivity contribution in [2.24, 2.45) is 5.73 Å². The van der Waals surface area contributed by atoms with Gasteiger partial charge in [-0.1, -0.05) is 0 Å². The molecule has 2 nitrogen and oxygen atoms in total. The molecule has 2 heteroatoms. The van der Waals surface area contributed by atoms with Gasteiger partial charge in [-0.2, -0.15) is 0 Å². The Morgan fingerprint density at radius 3 is 3.00 bits per heavy atom. The molecular formula is C10H14N2. The lowest BCUT2D eigenvalue weighted by Crippen LogP contribution is -2.10. The number of pyridine rings is 1. The SMILES string of the molecule is NCc1ccnc2c1CCCC2. The van der Waals surface area contributed by atoms with E-state index in [2.05, 4.69) is 4.98 Å². The molecule has 0 radical (unpaired) electrons. The number of hydrogen-bond acceptors (Lipinski definition) is 2. The minimum Gasteiger partial charge on any atom is -0.326 e. The minimum atomic E-state index is 0.658. The van der Waals surface area contributed by atoms with Gasteiger partial charge in [-0.25, -0.2) is 0 Å². The maximum Gasteiger partial charge on any atom is 0.0438 e. The Labute approximate surface area is 72.8 Å². The van der Waals surface area contributed by atoms with Crippen molar-refractivity contribution in [1.29, 1.82) is 0 Å². The molecular weight excluding hydrogens is 148 g/mol. The second-order valence-corrected chi connectivity index (χ2v) is 3.31. The molecule has 0 aliphatic heterocycles. The first-order valence-corrected chi connectivity index (χ1v) is 4.57. The van der Waals surface area contributed by atoms with Crippen LogP contribution in [0.15, 0.2) is 12.3 Å². The summed E-state index contributed by atoms with van der Waals surface area (Å²) < 4.78 is 0. The Morgan fingerprint density at radius 2 is 2.17 bits per heavy atom. The summed E-state index contributed by atoms with van der Waals surface area (Å²) in [6.07, 6.45) is 6.78. The summed E-state index contributed by atoms with van der Waals surface area (Å²) in [5, 5.41) is 0. The summed E-state index contributed by atoms with van der Waals surface area (Å²) in [5.74, 6) is 0. The molecule has 0 bridgehead atoms.